The molecule has 0 unspecified atom stereocenters. The fourth-order valence-electron chi connectivity index (χ4n) is 2.23. The summed E-state index contributed by atoms with van der Waals surface area (Å²) in [6.07, 6.45) is 0. The first-order chi connectivity index (χ1) is 10.2. The van der Waals surface area contributed by atoms with Gasteiger partial charge in [-0.1, -0.05) is 12.1 Å². The van der Waals surface area contributed by atoms with E-state index in [2.05, 4.69) is 15.5 Å². The van der Waals surface area contributed by atoms with Crippen LogP contribution in [0.25, 0.3) is 0 Å². The molecule has 0 saturated carbocycles. The number of amides is 2. The fraction of sp³-hybridized carbons (Fsp3) is 0.467. The van der Waals surface area contributed by atoms with Crippen LogP contribution in [0.4, 0.5) is 5.69 Å². The monoisotopic (exact) mass is 327 g/mol. The Hall–Kier alpha value is -1.63. The SMILES string of the molecule is CC(=O)Nc1ccccc1C(=O)NCCN1CCOCC1.Cl. The summed E-state index contributed by atoms with van der Waals surface area (Å²) in [4.78, 5) is 25.6. The Morgan fingerprint density at radius 1 is 1.23 bits per heavy atom. The van der Waals surface area contributed by atoms with Crippen molar-refractivity contribution in [2.24, 2.45) is 0 Å². The van der Waals surface area contributed by atoms with Gasteiger partial charge >= 0.3 is 0 Å². The molecule has 1 fully saturated rings. The lowest BCUT2D eigenvalue weighted by molar-refractivity contribution is -0.114. The second-order valence-corrected chi connectivity index (χ2v) is 4.94. The zero-order valence-corrected chi connectivity index (χ0v) is 13.4. The van der Waals surface area contributed by atoms with Gasteiger partial charge in [0.05, 0.1) is 24.5 Å². The van der Waals surface area contributed by atoms with E-state index in [9.17, 15) is 9.59 Å². The minimum atomic E-state index is -0.191. The van der Waals surface area contributed by atoms with Crippen LogP contribution >= 0.6 is 12.4 Å². The lowest BCUT2D eigenvalue weighted by atomic mass is 10.1. The summed E-state index contributed by atoms with van der Waals surface area (Å²) in [7, 11) is 0. The van der Waals surface area contributed by atoms with E-state index >= 15 is 0 Å². The molecular formula is C15H22ClN3O3. The van der Waals surface area contributed by atoms with Crippen LogP contribution in [0.5, 0.6) is 0 Å². The third kappa shape index (κ3) is 5.63. The van der Waals surface area contributed by atoms with E-state index in [1.165, 1.54) is 6.92 Å². The van der Waals surface area contributed by atoms with Gasteiger partial charge in [0.25, 0.3) is 5.91 Å². The van der Waals surface area contributed by atoms with Crippen molar-refractivity contribution in [2.75, 3.05) is 44.7 Å². The average molecular weight is 328 g/mol. The van der Waals surface area contributed by atoms with Gasteiger partial charge in [0.1, 0.15) is 0 Å². The van der Waals surface area contributed by atoms with Gasteiger partial charge in [-0.2, -0.15) is 0 Å². The van der Waals surface area contributed by atoms with Gasteiger partial charge in [-0.15, -0.1) is 12.4 Å². The van der Waals surface area contributed by atoms with Crippen LogP contribution in [0, 0.1) is 0 Å². The van der Waals surface area contributed by atoms with Crippen LogP contribution in [0.15, 0.2) is 24.3 Å². The van der Waals surface area contributed by atoms with E-state index in [0.29, 0.717) is 17.8 Å². The van der Waals surface area contributed by atoms with E-state index in [1.807, 2.05) is 0 Å². The molecule has 0 spiro atoms. The number of carbonyl (C=O) groups excluding carboxylic acids is 2. The van der Waals surface area contributed by atoms with Crippen LogP contribution in [-0.2, 0) is 9.53 Å². The predicted octanol–water partition coefficient (Wildman–Crippen LogP) is 1.13. The predicted molar refractivity (Wildman–Crippen MR) is 87.6 cm³/mol. The third-order valence-corrected chi connectivity index (χ3v) is 3.30. The summed E-state index contributed by atoms with van der Waals surface area (Å²) >= 11 is 0. The zero-order valence-electron chi connectivity index (χ0n) is 12.6. The fourth-order valence-corrected chi connectivity index (χ4v) is 2.23. The minimum absolute atomic E-state index is 0. The van der Waals surface area contributed by atoms with Crippen molar-refractivity contribution in [3.05, 3.63) is 29.8 Å². The topological polar surface area (TPSA) is 70.7 Å². The smallest absolute Gasteiger partial charge is 0.253 e. The van der Waals surface area contributed by atoms with Gasteiger partial charge in [0.2, 0.25) is 5.91 Å². The van der Waals surface area contributed by atoms with Crippen LogP contribution in [0.3, 0.4) is 0 Å². The van der Waals surface area contributed by atoms with Crippen molar-refractivity contribution in [2.45, 2.75) is 6.92 Å². The Kier molecular flexibility index (Phi) is 7.87. The van der Waals surface area contributed by atoms with Crippen molar-refractivity contribution in [3.63, 3.8) is 0 Å². The quantitative estimate of drug-likeness (QED) is 0.850. The van der Waals surface area contributed by atoms with Gasteiger partial charge in [0.15, 0.2) is 0 Å². The second kappa shape index (κ2) is 9.40. The number of para-hydroxylation sites is 1. The normalized spacial score (nSPS) is 14.8. The molecule has 0 radical (unpaired) electrons. The number of rotatable bonds is 5. The van der Waals surface area contributed by atoms with E-state index < -0.39 is 0 Å². The summed E-state index contributed by atoms with van der Waals surface area (Å²) in [6.45, 7) is 6.10. The van der Waals surface area contributed by atoms with Crippen molar-refractivity contribution < 1.29 is 14.3 Å². The number of benzene rings is 1. The van der Waals surface area contributed by atoms with Gasteiger partial charge in [-0.25, -0.2) is 0 Å². The molecule has 6 nitrogen and oxygen atoms in total. The van der Waals surface area contributed by atoms with Gasteiger partial charge in [0, 0.05) is 33.1 Å². The lowest BCUT2D eigenvalue weighted by Crippen LogP contribution is -2.41. The number of hydrogen-bond acceptors (Lipinski definition) is 4. The summed E-state index contributed by atoms with van der Waals surface area (Å²) in [5, 5.41) is 5.55. The van der Waals surface area contributed by atoms with Crippen molar-refractivity contribution in [3.8, 4) is 0 Å². The maximum absolute atomic E-state index is 12.2. The van der Waals surface area contributed by atoms with E-state index in [0.717, 1.165) is 32.8 Å². The maximum atomic E-state index is 12.2. The van der Waals surface area contributed by atoms with Gasteiger partial charge in [-0.3, -0.25) is 14.5 Å². The molecule has 2 N–H and O–H groups in total. The molecule has 122 valence electrons. The van der Waals surface area contributed by atoms with Crippen LogP contribution in [0.1, 0.15) is 17.3 Å². The second-order valence-electron chi connectivity index (χ2n) is 4.94. The van der Waals surface area contributed by atoms with Crippen LogP contribution in [0.2, 0.25) is 0 Å². The number of anilines is 1. The Labute approximate surface area is 136 Å². The molecule has 0 aliphatic carbocycles. The van der Waals surface area contributed by atoms with Crippen molar-refractivity contribution in [1.82, 2.24) is 10.2 Å². The molecule has 1 aliphatic heterocycles. The van der Waals surface area contributed by atoms with Gasteiger partial charge < -0.3 is 15.4 Å². The molecule has 0 atom stereocenters. The average Bonchev–Trinajstić information content (AvgIpc) is 2.48. The molecule has 2 rings (SSSR count). The summed E-state index contributed by atoms with van der Waals surface area (Å²) in [6, 6.07) is 6.99. The summed E-state index contributed by atoms with van der Waals surface area (Å²) < 4.78 is 5.28. The molecule has 2 amide bonds. The van der Waals surface area contributed by atoms with E-state index in [-0.39, 0.29) is 24.2 Å². The standard InChI is InChI=1S/C15H21N3O3.ClH/c1-12(19)17-14-5-3-2-4-13(14)15(20)16-6-7-18-8-10-21-11-9-18;/h2-5H,6-11H2,1H3,(H,16,20)(H,17,19);1H. The molecular weight excluding hydrogens is 306 g/mol. The van der Waals surface area contributed by atoms with Crippen LogP contribution in [-0.4, -0.2) is 56.1 Å². The summed E-state index contributed by atoms with van der Waals surface area (Å²) in [5.74, 6) is -0.365. The first-order valence-corrected chi connectivity index (χ1v) is 7.12. The summed E-state index contributed by atoms with van der Waals surface area (Å²) in [5.41, 5.74) is 1.02. The van der Waals surface area contributed by atoms with E-state index in [4.69, 9.17) is 4.74 Å². The van der Waals surface area contributed by atoms with Crippen LogP contribution < -0.4 is 10.6 Å². The highest BCUT2D eigenvalue weighted by atomic mass is 35.5. The number of nitrogens with one attached hydrogen (secondary N) is 2. The molecule has 1 heterocycles. The first kappa shape index (κ1) is 18.4. The number of hydrogen-bond donors (Lipinski definition) is 2. The number of morpholine rings is 1. The highest BCUT2D eigenvalue weighted by Gasteiger charge is 2.13. The minimum Gasteiger partial charge on any atom is -0.379 e. The number of carbonyl (C=O) groups is 2. The molecule has 1 aromatic rings. The molecule has 1 aliphatic rings. The first-order valence-electron chi connectivity index (χ1n) is 7.12. The number of nitrogens with zero attached hydrogens (tertiary/aromatic N) is 1. The molecule has 0 bridgehead atoms. The van der Waals surface area contributed by atoms with Crippen molar-refractivity contribution >= 4 is 29.9 Å². The lowest BCUT2D eigenvalue weighted by Gasteiger charge is -2.26. The third-order valence-electron chi connectivity index (χ3n) is 3.30. The molecule has 7 heteroatoms. The maximum Gasteiger partial charge on any atom is 0.253 e. The van der Waals surface area contributed by atoms with Gasteiger partial charge in [-0.05, 0) is 12.1 Å². The molecule has 1 saturated heterocycles. The Bertz CT molecular complexity index is 505. The number of halogens is 1. The Balaban J connectivity index is 0.00000242. The number of ether oxygens (including phenoxy) is 1. The molecule has 0 aromatic heterocycles. The van der Waals surface area contributed by atoms with Crippen molar-refractivity contribution in [1.29, 1.82) is 0 Å². The largest absolute Gasteiger partial charge is 0.379 e. The highest BCUT2D eigenvalue weighted by Crippen LogP contribution is 2.14. The Morgan fingerprint density at radius 3 is 2.59 bits per heavy atom. The highest BCUT2D eigenvalue weighted by molar-refractivity contribution is 6.03. The Morgan fingerprint density at radius 2 is 1.91 bits per heavy atom. The van der Waals surface area contributed by atoms with E-state index in [1.54, 1.807) is 24.3 Å². The molecule has 22 heavy (non-hydrogen) atoms. The zero-order chi connectivity index (χ0) is 15.1. The molecule has 1 aromatic carbocycles.